The highest BCUT2D eigenvalue weighted by molar-refractivity contribution is 5.31. The number of allylic oxidation sites excluding steroid dienone is 1. The summed E-state index contributed by atoms with van der Waals surface area (Å²) in [4.78, 5) is 0. The Bertz CT molecular complexity index is 661. The third-order valence-corrected chi connectivity index (χ3v) is 9.79. The van der Waals surface area contributed by atoms with E-state index in [1.54, 1.807) is 5.57 Å². The van der Waals surface area contributed by atoms with Gasteiger partial charge in [-0.15, -0.1) is 0 Å². The second kappa shape index (κ2) is 4.47. The molecule has 0 aliphatic heterocycles. The highest BCUT2D eigenvalue weighted by Gasteiger charge is 2.75. The number of hydrogen-bond acceptors (Lipinski definition) is 2. The van der Waals surface area contributed by atoms with Crippen molar-refractivity contribution in [3.8, 4) is 6.07 Å². The van der Waals surface area contributed by atoms with Crippen molar-refractivity contribution in [2.75, 3.05) is 0 Å². The molecule has 4 saturated carbocycles. The number of fused-ring (bicyclic) bond motifs is 7. The van der Waals surface area contributed by atoms with Crippen LogP contribution in [0.2, 0.25) is 0 Å². The maximum atomic E-state index is 10.1. The van der Waals surface area contributed by atoms with E-state index in [1.807, 2.05) is 0 Å². The molecule has 5 rings (SSSR count). The highest BCUT2D eigenvalue weighted by Crippen LogP contribution is 2.79. The van der Waals surface area contributed by atoms with Crippen LogP contribution in [-0.2, 0) is 0 Å². The third-order valence-electron chi connectivity index (χ3n) is 9.79. The van der Waals surface area contributed by atoms with Gasteiger partial charge in [-0.2, -0.15) is 5.26 Å². The molecule has 5 aliphatic carbocycles. The molecule has 1 unspecified atom stereocenters. The lowest BCUT2D eigenvalue weighted by atomic mass is 9.45. The first-order chi connectivity index (χ1) is 11.3. The lowest BCUT2D eigenvalue weighted by Gasteiger charge is -2.59. The Morgan fingerprint density at radius 1 is 1.12 bits per heavy atom. The van der Waals surface area contributed by atoms with Gasteiger partial charge in [-0.1, -0.05) is 25.5 Å². The highest BCUT2D eigenvalue weighted by atomic mass is 16.3. The van der Waals surface area contributed by atoms with Gasteiger partial charge in [0, 0.05) is 0 Å². The number of aliphatic hydroxyl groups is 1. The Kier molecular flexibility index (Phi) is 2.88. The van der Waals surface area contributed by atoms with Crippen molar-refractivity contribution in [1.29, 1.82) is 5.26 Å². The van der Waals surface area contributed by atoms with Gasteiger partial charge in [-0.25, -0.2) is 0 Å². The molecular weight excluding hydrogens is 294 g/mol. The van der Waals surface area contributed by atoms with E-state index in [9.17, 15) is 10.4 Å². The monoisotopic (exact) mass is 325 g/mol. The van der Waals surface area contributed by atoms with Crippen molar-refractivity contribution in [3.05, 3.63) is 11.6 Å². The molecule has 9 atom stereocenters. The van der Waals surface area contributed by atoms with Gasteiger partial charge in [0.2, 0.25) is 0 Å². The Morgan fingerprint density at radius 2 is 1.92 bits per heavy atom. The number of hydrogen-bond donors (Lipinski definition) is 1. The fraction of sp³-hybridized carbons (Fsp3) is 0.864. The number of rotatable bonds is 0. The first-order valence-corrected chi connectivity index (χ1v) is 10.1. The molecule has 0 saturated heterocycles. The maximum absolute atomic E-state index is 10.1. The predicted octanol–water partition coefficient (Wildman–Crippen LogP) is 4.70. The van der Waals surface area contributed by atoms with Gasteiger partial charge in [0.05, 0.1) is 17.6 Å². The van der Waals surface area contributed by atoms with E-state index in [0.29, 0.717) is 11.3 Å². The summed E-state index contributed by atoms with van der Waals surface area (Å²) in [7, 11) is 0. The summed E-state index contributed by atoms with van der Waals surface area (Å²) in [5.74, 6) is 3.80. The Balaban J connectivity index is 1.55. The van der Waals surface area contributed by atoms with Crippen molar-refractivity contribution in [3.63, 3.8) is 0 Å². The molecule has 130 valence electrons. The Morgan fingerprint density at radius 3 is 2.67 bits per heavy atom. The van der Waals surface area contributed by atoms with E-state index in [1.165, 1.54) is 25.7 Å². The zero-order valence-corrected chi connectivity index (χ0v) is 15.4. The van der Waals surface area contributed by atoms with Crippen LogP contribution >= 0.6 is 0 Å². The van der Waals surface area contributed by atoms with Crippen LogP contribution in [0, 0.1) is 57.2 Å². The predicted molar refractivity (Wildman–Crippen MR) is 93.8 cm³/mol. The second-order valence-corrected chi connectivity index (χ2v) is 10.4. The quantitative estimate of drug-likeness (QED) is 0.656. The first kappa shape index (κ1) is 15.4. The maximum Gasteiger partial charge on any atom is 0.0695 e. The fourth-order valence-corrected chi connectivity index (χ4v) is 8.20. The van der Waals surface area contributed by atoms with Gasteiger partial charge in [0.15, 0.2) is 0 Å². The fourth-order valence-electron chi connectivity index (χ4n) is 8.20. The SMILES string of the molecule is CC1(C#N)[C@@H]2C[C@@H]2[C@H]2[C@@H]3CC=C4C[C@@H](O)CC[C@]4(C)[C@H]3CC[C@@]21C. The molecule has 4 fully saturated rings. The largest absolute Gasteiger partial charge is 0.393 e. The summed E-state index contributed by atoms with van der Waals surface area (Å²) in [5, 5.41) is 20.1. The Hall–Kier alpha value is -0.810. The summed E-state index contributed by atoms with van der Waals surface area (Å²) < 4.78 is 0. The van der Waals surface area contributed by atoms with E-state index in [0.717, 1.165) is 42.9 Å². The van der Waals surface area contributed by atoms with Crippen LogP contribution in [0.15, 0.2) is 11.6 Å². The standard InChI is InChI=1S/C22H31NO/c1-20-8-6-14(24)10-13(20)4-5-15-17(20)7-9-21(2)19(15)16-11-18(16)22(21,3)12-23/h4,14-19,24H,5-11H2,1-3H3/t14-,15+,16-,17-,18+,19+,20-,21-,22?/m0/s1. The van der Waals surface area contributed by atoms with E-state index in [4.69, 9.17) is 0 Å². The minimum Gasteiger partial charge on any atom is -0.393 e. The summed E-state index contributed by atoms with van der Waals surface area (Å²) in [6, 6.07) is 2.79. The molecule has 0 radical (unpaired) electrons. The zero-order chi connectivity index (χ0) is 16.9. The molecule has 1 N–H and O–H groups in total. The zero-order valence-electron chi connectivity index (χ0n) is 15.4. The molecule has 0 aromatic rings. The van der Waals surface area contributed by atoms with Crippen LogP contribution in [0.4, 0.5) is 0 Å². The van der Waals surface area contributed by atoms with Gasteiger partial charge >= 0.3 is 0 Å². The van der Waals surface area contributed by atoms with E-state index >= 15 is 0 Å². The van der Waals surface area contributed by atoms with Crippen LogP contribution in [0.5, 0.6) is 0 Å². The molecule has 0 aromatic carbocycles. The summed E-state index contributed by atoms with van der Waals surface area (Å²) in [6.07, 6.45) is 10.5. The minimum absolute atomic E-state index is 0.0963. The molecule has 0 aromatic heterocycles. The smallest absolute Gasteiger partial charge is 0.0695 e. The van der Waals surface area contributed by atoms with Crippen molar-refractivity contribution < 1.29 is 5.11 Å². The van der Waals surface area contributed by atoms with Crippen molar-refractivity contribution >= 4 is 0 Å². The normalized spacial score (nSPS) is 60.9. The summed E-state index contributed by atoms with van der Waals surface area (Å²) >= 11 is 0. The molecular formula is C22H31NO. The topological polar surface area (TPSA) is 44.0 Å². The van der Waals surface area contributed by atoms with Gasteiger partial charge in [-0.05, 0) is 92.3 Å². The molecule has 0 spiro atoms. The minimum atomic E-state index is -0.115. The summed E-state index contributed by atoms with van der Waals surface area (Å²) in [5.41, 5.74) is 2.01. The van der Waals surface area contributed by atoms with Gasteiger partial charge in [-0.3, -0.25) is 0 Å². The van der Waals surface area contributed by atoms with Crippen molar-refractivity contribution in [2.45, 2.75) is 71.8 Å². The third kappa shape index (κ3) is 1.57. The lowest BCUT2D eigenvalue weighted by Crippen LogP contribution is -2.53. The average Bonchev–Trinajstić information content (AvgIpc) is 3.31. The van der Waals surface area contributed by atoms with Crippen LogP contribution in [0.25, 0.3) is 0 Å². The van der Waals surface area contributed by atoms with Crippen LogP contribution in [0.3, 0.4) is 0 Å². The molecule has 0 bridgehead atoms. The average molecular weight is 325 g/mol. The molecule has 2 heteroatoms. The van der Waals surface area contributed by atoms with Crippen LogP contribution in [-0.4, -0.2) is 11.2 Å². The van der Waals surface area contributed by atoms with Crippen molar-refractivity contribution in [1.82, 2.24) is 0 Å². The van der Waals surface area contributed by atoms with Crippen LogP contribution < -0.4 is 0 Å². The molecule has 5 aliphatic rings. The van der Waals surface area contributed by atoms with Gasteiger partial charge < -0.3 is 5.11 Å². The Labute approximate surface area is 146 Å². The first-order valence-electron chi connectivity index (χ1n) is 10.1. The van der Waals surface area contributed by atoms with E-state index in [2.05, 4.69) is 32.9 Å². The lowest BCUT2D eigenvalue weighted by molar-refractivity contribution is -0.0755. The van der Waals surface area contributed by atoms with Gasteiger partial charge in [0.25, 0.3) is 0 Å². The molecule has 0 heterocycles. The molecule has 2 nitrogen and oxygen atoms in total. The van der Waals surface area contributed by atoms with E-state index in [-0.39, 0.29) is 16.9 Å². The van der Waals surface area contributed by atoms with E-state index < -0.39 is 0 Å². The summed E-state index contributed by atoms with van der Waals surface area (Å²) in [6.45, 7) is 7.23. The number of aliphatic hydroxyl groups excluding tert-OH is 1. The number of nitrogens with zero attached hydrogens (tertiary/aromatic N) is 1. The molecule has 0 amide bonds. The van der Waals surface area contributed by atoms with Crippen LogP contribution in [0.1, 0.15) is 65.7 Å². The number of nitriles is 1. The van der Waals surface area contributed by atoms with Gasteiger partial charge in [0.1, 0.15) is 0 Å². The molecule has 24 heavy (non-hydrogen) atoms. The second-order valence-electron chi connectivity index (χ2n) is 10.4. The van der Waals surface area contributed by atoms with Crippen molar-refractivity contribution in [2.24, 2.45) is 45.8 Å².